The van der Waals surface area contributed by atoms with Gasteiger partial charge in [0.15, 0.2) is 0 Å². The molecule has 0 aliphatic rings. The number of benzene rings is 1. The van der Waals surface area contributed by atoms with Gasteiger partial charge in [-0.1, -0.05) is 6.07 Å². The summed E-state index contributed by atoms with van der Waals surface area (Å²) < 4.78 is 30.6. The number of methoxy groups -OCH3 is 1. The van der Waals surface area contributed by atoms with E-state index in [-0.39, 0.29) is 10.5 Å². The fraction of sp³-hybridized carbons (Fsp3) is 0.462. The lowest BCUT2D eigenvalue weighted by Crippen LogP contribution is -2.29. The van der Waals surface area contributed by atoms with Crippen molar-refractivity contribution in [3.63, 3.8) is 0 Å². The number of esters is 1. The van der Waals surface area contributed by atoms with E-state index in [9.17, 15) is 13.2 Å². The second-order valence-electron chi connectivity index (χ2n) is 4.30. The minimum Gasteiger partial charge on any atom is -0.465 e. The minimum atomic E-state index is -3.59. The van der Waals surface area contributed by atoms with Gasteiger partial charge < -0.3 is 10.1 Å². The van der Waals surface area contributed by atoms with Crippen LogP contribution in [0.2, 0.25) is 0 Å². The maximum Gasteiger partial charge on any atom is 0.337 e. The van der Waals surface area contributed by atoms with Crippen LogP contribution in [0.3, 0.4) is 0 Å². The Morgan fingerprint density at radius 3 is 2.70 bits per heavy atom. The largest absolute Gasteiger partial charge is 0.465 e. The Labute approximate surface area is 119 Å². The molecule has 1 aromatic carbocycles. The van der Waals surface area contributed by atoms with Gasteiger partial charge in [0.2, 0.25) is 10.0 Å². The van der Waals surface area contributed by atoms with E-state index in [2.05, 4.69) is 10.1 Å². The SMILES string of the molecule is CNCCCN(C)S(=O)(=O)c1cccc(C(=O)OC)c1. The van der Waals surface area contributed by atoms with Gasteiger partial charge in [0.05, 0.1) is 17.6 Å². The molecule has 0 aliphatic heterocycles. The Bertz CT molecular complexity index is 557. The molecule has 0 bridgehead atoms. The topological polar surface area (TPSA) is 75.7 Å². The fourth-order valence-corrected chi connectivity index (χ4v) is 2.94. The summed E-state index contributed by atoms with van der Waals surface area (Å²) in [6.45, 7) is 1.15. The maximum atomic E-state index is 12.3. The van der Waals surface area contributed by atoms with Gasteiger partial charge in [-0.15, -0.1) is 0 Å². The zero-order chi connectivity index (χ0) is 15.2. The van der Waals surface area contributed by atoms with Crippen LogP contribution in [0, 0.1) is 0 Å². The van der Waals surface area contributed by atoms with Crippen molar-refractivity contribution in [3.05, 3.63) is 29.8 Å². The number of ether oxygens (including phenoxy) is 1. The predicted octanol–water partition coefficient (Wildman–Crippen LogP) is 0.703. The number of hydrogen-bond acceptors (Lipinski definition) is 5. The van der Waals surface area contributed by atoms with E-state index in [1.165, 1.54) is 42.7 Å². The Morgan fingerprint density at radius 1 is 1.40 bits per heavy atom. The van der Waals surface area contributed by atoms with Crippen molar-refractivity contribution in [2.24, 2.45) is 0 Å². The molecule has 0 heterocycles. The lowest BCUT2D eigenvalue weighted by Gasteiger charge is -2.17. The van der Waals surface area contributed by atoms with Gasteiger partial charge in [-0.25, -0.2) is 17.5 Å². The van der Waals surface area contributed by atoms with Gasteiger partial charge in [0.1, 0.15) is 0 Å². The first-order valence-corrected chi connectivity index (χ1v) is 7.66. The first kappa shape index (κ1) is 16.6. The number of rotatable bonds is 7. The molecule has 7 heteroatoms. The quantitative estimate of drug-likeness (QED) is 0.593. The van der Waals surface area contributed by atoms with Crippen molar-refractivity contribution in [3.8, 4) is 0 Å². The van der Waals surface area contributed by atoms with E-state index in [0.717, 1.165) is 6.54 Å². The van der Waals surface area contributed by atoms with E-state index in [4.69, 9.17) is 0 Å². The molecule has 1 rings (SSSR count). The highest BCUT2D eigenvalue weighted by molar-refractivity contribution is 7.89. The van der Waals surface area contributed by atoms with Gasteiger partial charge in [-0.2, -0.15) is 0 Å². The lowest BCUT2D eigenvalue weighted by molar-refractivity contribution is 0.0600. The molecular weight excluding hydrogens is 280 g/mol. The summed E-state index contributed by atoms with van der Waals surface area (Å²) in [6.07, 6.45) is 0.711. The third-order valence-corrected chi connectivity index (χ3v) is 4.72. The minimum absolute atomic E-state index is 0.0901. The van der Waals surface area contributed by atoms with Crippen LogP contribution in [0.15, 0.2) is 29.2 Å². The van der Waals surface area contributed by atoms with Gasteiger partial charge in [-0.05, 0) is 38.2 Å². The molecule has 112 valence electrons. The first-order valence-electron chi connectivity index (χ1n) is 6.22. The number of sulfonamides is 1. The summed E-state index contributed by atoms with van der Waals surface area (Å²) in [6, 6.07) is 5.85. The average Bonchev–Trinajstić information content (AvgIpc) is 2.46. The van der Waals surface area contributed by atoms with Crippen molar-refractivity contribution in [1.82, 2.24) is 9.62 Å². The summed E-state index contributed by atoms with van der Waals surface area (Å²) in [5, 5.41) is 2.96. The summed E-state index contributed by atoms with van der Waals surface area (Å²) in [4.78, 5) is 11.5. The van der Waals surface area contributed by atoms with Crippen LogP contribution >= 0.6 is 0 Å². The van der Waals surface area contributed by atoms with E-state index in [1.807, 2.05) is 7.05 Å². The van der Waals surface area contributed by atoms with Crippen molar-refractivity contribution < 1.29 is 17.9 Å². The molecule has 1 N–H and O–H groups in total. The van der Waals surface area contributed by atoms with Gasteiger partial charge in [0, 0.05) is 13.6 Å². The molecule has 0 amide bonds. The van der Waals surface area contributed by atoms with E-state index in [0.29, 0.717) is 13.0 Å². The lowest BCUT2D eigenvalue weighted by atomic mass is 10.2. The summed E-state index contributed by atoms with van der Waals surface area (Å²) in [5.41, 5.74) is 0.220. The van der Waals surface area contributed by atoms with Crippen LogP contribution in [0.1, 0.15) is 16.8 Å². The third kappa shape index (κ3) is 4.03. The number of nitrogens with zero attached hydrogens (tertiary/aromatic N) is 1. The zero-order valence-corrected chi connectivity index (χ0v) is 12.7. The van der Waals surface area contributed by atoms with Crippen LogP contribution in [0.4, 0.5) is 0 Å². The average molecular weight is 300 g/mol. The Morgan fingerprint density at radius 2 is 2.10 bits per heavy atom. The Hall–Kier alpha value is -1.44. The molecular formula is C13H20N2O4S. The Balaban J connectivity index is 2.94. The monoisotopic (exact) mass is 300 g/mol. The molecule has 0 fully saturated rings. The molecule has 0 radical (unpaired) electrons. The summed E-state index contributed by atoms with van der Waals surface area (Å²) in [7, 11) is 1.01. The molecule has 0 spiro atoms. The Kier molecular flexibility index (Phi) is 6.12. The molecule has 6 nitrogen and oxygen atoms in total. The first-order chi connectivity index (χ1) is 9.43. The van der Waals surface area contributed by atoms with E-state index in [1.54, 1.807) is 0 Å². The highest BCUT2D eigenvalue weighted by Crippen LogP contribution is 2.16. The number of nitrogens with one attached hydrogen (secondary N) is 1. The molecule has 1 aromatic rings. The molecule has 0 saturated carbocycles. The number of carbonyl (C=O) groups is 1. The van der Waals surface area contributed by atoms with Gasteiger partial charge >= 0.3 is 5.97 Å². The second kappa shape index (κ2) is 7.37. The summed E-state index contributed by atoms with van der Waals surface area (Å²) >= 11 is 0. The molecule has 0 atom stereocenters. The highest BCUT2D eigenvalue weighted by Gasteiger charge is 2.21. The van der Waals surface area contributed by atoms with Crippen molar-refractivity contribution in [2.45, 2.75) is 11.3 Å². The van der Waals surface area contributed by atoms with Crippen molar-refractivity contribution in [2.75, 3.05) is 34.3 Å². The normalized spacial score (nSPS) is 11.6. The highest BCUT2D eigenvalue weighted by atomic mass is 32.2. The fourth-order valence-electron chi connectivity index (χ4n) is 1.68. The van der Waals surface area contributed by atoms with Crippen molar-refractivity contribution >= 4 is 16.0 Å². The van der Waals surface area contributed by atoms with Crippen molar-refractivity contribution in [1.29, 1.82) is 0 Å². The maximum absolute atomic E-state index is 12.3. The van der Waals surface area contributed by atoms with Gasteiger partial charge in [0.25, 0.3) is 0 Å². The summed E-state index contributed by atoms with van der Waals surface area (Å²) in [5.74, 6) is -0.556. The number of carbonyl (C=O) groups excluding carboxylic acids is 1. The van der Waals surface area contributed by atoms with Crippen LogP contribution in [0.5, 0.6) is 0 Å². The molecule has 20 heavy (non-hydrogen) atoms. The van der Waals surface area contributed by atoms with E-state index >= 15 is 0 Å². The number of hydrogen-bond donors (Lipinski definition) is 1. The van der Waals surface area contributed by atoms with Crippen LogP contribution < -0.4 is 5.32 Å². The third-order valence-electron chi connectivity index (χ3n) is 2.86. The molecule has 0 saturated heterocycles. The van der Waals surface area contributed by atoms with Gasteiger partial charge in [-0.3, -0.25) is 0 Å². The second-order valence-corrected chi connectivity index (χ2v) is 6.35. The zero-order valence-electron chi connectivity index (χ0n) is 11.9. The molecule has 0 aliphatic carbocycles. The standard InChI is InChI=1S/C13H20N2O4S/c1-14-8-5-9-15(2)20(17,18)12-7-4-6-11(10-12)13(16)19-3/h4,6-7,10,14H,5,8-9H2,1-3H3. The molecule has 0 unspecified atom stereocenters. The smallest absolute Gasteiger partial charge is 0.337 e. The van der Waals surface area contributed by atoms with Crippen LogP contribution in [0.25, 0.3) is 0 Å². The van der Waals surface area contributed by atoms with Crippen LogP contribution in [-0.4, -0.2) is 53.0 Å². The van der Waals surface area contributed by atoms with E-state index < -0.39 is 16.0 Å². The predicted molar refractivity (Wildman–Crippen MR) is 76.1 cm³/mol. The van der Waals surface area contributed by atoms with Crippen LogP contribution in [-0.2, 0) is 14.8 Å². The molecule has 0 aromatic heterocycles.